The molecule has 3 amide bonds. The van der Waals surface area contributed by atoms with Gasteiger partial charge >= 0.3 is 0 Å². The highest BCUT2D eigenvalue weighted by molar-refractivity contribution is 6.04. The smallest absolute Gasteiger partial charge is 0.257 e. The van der Waals surface area contributed by atoms with Crippen LogP contribution in [0.15, 0.2) is 11.8 Å². The van der Waals surface area contributed by atoms with E-state index in [1.54, 1.807) is 7.11 Å². The van der Waals surface area contributed by atoms with Gasteiger partial charge in [-0.15, -0.1) is 0 Å². The Hall–Kier alpha value is -1.85. The molecule has 0 bridgehead atoms. The zero-order chi connectivity index (χ0) is 24.9. The predicted molar refractivity (Wildman–Crippen MR) is 136 cm³/mol. The number of nitrogens with one attached hydrogen (secondary N) is 1. The van der Waals surface area contributed by atoms with Crippen molar-refractivity contribution in [3.05, 3.63) is 11.8 Å². The van der Waals surface area contributed by atoms with Crippen molar-refractivity contribution >= 4 is 17.7 Å². The van der Waals surface area contributed by atoms with Crippen LogP contribution in [0.4, 0.5) is 0 Å². The predicted octanol–water partition coefficient (Wildman–Crippen LogP) is 6.29. The molecule has 6 nitrogen and oxygen atoms in total. The summed E-state index contributed by atoms with van der Waals surface area (Å²) in [5.41, 5.74) is 0. The molecule has 0 aromatic carbocycles. The molecule has 6 heteroatoms. The van der Waals surface area contributed by atoms with Crippen molar-refractivity contribution in [3.63, 3.8) is 0 Å². The number of ether oxygens (including phenoxy) is 1. The third-order valence-electron chi connectivity index (χ3n) is 5.88. The van der Waals surface area contributed by atoms with E-state index in [0.29, 0.717) is 31.6 Å². The minimum Gasteiger partial charge on any atom is -0.499 e. The molecule has 1 aliphatic rings. The lowest BCUT2D eigenvalue weighted by atomic mass is 10.1. The molecule has 0 unspecified atom stereocenters. The zero-order valence-electron chi connectivity index (χ0n) is 22.0. The molecule has 0 aliphatic carbocycles. The molecule has 192 valence electrons. The van der Waals surface area contributed by atoms with Gasteiger partial charge in [0.1, 0.15) is 5.76 Å². The summed E-state index contributed by atoms with van der Waals surface area (Å²) in [6.45, 7) is 8.98. The van der Waals surface area contributed by atoms with Crippen LogP contribution in [0.25, 0.3) is 0 Å². The van der Waals surface area contributed by atoms with E-state index in [2.05, 4.69) is 19.2 Å². The van der Waals surface area contributed by atoms with Crippen molar-refractivity contribution in [2.45, 2.75) is 130 Å². The van der Waals surface area contributed by atoms with E-state index in [1.165, 1.54) is 43.1 Å². The summed E-state index contributed by atoms with van der Waals surface area (Å²) in [6.07, 6.45) is 15.8. The van der Waals surface area contributed by atoms with Gasteiger partial charge in [-0.05, 0) is 32.1 Å². The first-order valence-electron chi connectivity index (χ1n) is 13.4. The third-order valence-corrected chi connectivity index (χ3v) is 5.88. The molecule has 0 fully saturated rings. The summed E-state index contributed by atoms with van der Waals surface area (Å²) >= 11 is 0. The highest BCUT2D eigenvalue weighted by Crippen LogP contribution is 2.26. The van der Waals surface area contributed by atoms with Crippen LogP contribution >= 0.6 is 0 Å². The van der Waals surface area contributed by atoms with Crippen LogP contribution in [0, 0.1) is 0 Å². The molecule has 1 aliphatic heterocycles. The van der Waals surface area contributed by atoms with Crippen LogP contribution in [0.3, 0.4) is 0 Å². The minimum absolute atomic E-state index is 0.105. The highest BCUT2D eigenvalue weighted by Gasteiger charge is 2.37. The molecule has 0 radical (unpaired) electrons. The van der Waals surface area contributed by atoms with Crippen molar-refractivity contribution in [2.75, 3.05) is 13.7 Å². The molecule has 1 atom stereocenters. The number of rotatable bonds is 18. The average Bonchev–Trinajstić information content (AvgIpc) is 3.14. The van der Waals surface area contributed by atoms with Crippen LogP contribution in [0.5, 0.6) is 0 Å². The lowest BCUT2D eigenvalue weighted by Crippen LogP contribution is -2.40. The topological polar surface area (TPSA) is 75.7 Å². The van der Waals surface area contributed by atoms with Gasteiger partial charge in [-0.3, -0.25) is 19.3 Å². The molecule has 0 saturated heterocycles. The van der Waals surface area contributed by atoms with Crippen molar-refractivity contribution in [1.29, 1.82) is 0 Å². The number of carbonyl (C=O) groups is 3. The van der Waals surface area contributed by atoms with Gasteiger partial charge in [0, 0.05) is 25.5 Å². The molecule has 33 heavy (non-hydrogen) atoms. The molecule has 0 saturated carbocycles. The van der Waals surface area contributed by atoms with Gasteiger partial charge in [-0.1, -0.05) is 79.1 Å². The maximum Gasteiger partial charge on any atom is 0.257 e. The van der Waals surface area contributed by atoms with E-state index in [0.717, 1.165) is 44.9 Å². The van der Waals surface area contributed by atoms with E-state index in [-0.39, 0.29) is 23.8 Å². The van der Waals surface area contributed by atoms with Crippen LogP contribution in [-0.4, -0.2) is 42.3 Å². The minimum atomic E-state index is -0.310. The average molecular weight is 467 g/mol. The van der Waals surface area contributed by atoms with E-state index in [1.807, 2.05) is 13.8 Å². The lowest BCUT2D eigenvalue weighted by molar-refractivity contribution is -0.143. The fourth-order valence-corrected chi connectivity index (χ4v) is 4.00. The SMILES string of the molecule is CC.CCCCCCCC(=O)NCCCC[C@H]1C(OC)=CC(=O)N1C(=O)CCCCCCC. The Morgan fingerprint density at radius 3 is 2.03 bits per heavy atom. The standard InChI is InChI=1S/C25H44N2O4.C2H6/c1-4-6-8-10-12-17-23(28)26-19-15-14-16-21-22(31-3)20-25(30)27(21)24(29)18-13-11-9-7-5-2;1-2/h20-21H,4-19H2,1-3H3,(H,26,28);1-2H3/t21-;/m0./s1. The quantitative estimate of drug-likeness (QED) is 0.241. The molecule has 0 spiro atoms. The normalized spacial score (nSPS) is 15.1. The number of unbranched alkanes of at least 4 members (excludes halogenated alkanes) is 9. The molecule has 1 rings (SSSR count). The van der Waals surface area contributed by atoms with Crippen molar-refractivity contribution in [2.24, 2.45) is 0 Å². The second-order valence-corrected chi connectivity index (χ2v) is 8.54. The fourth-order valence-electron chi connectivity index (χ4n) is 4.00. The van der Waals surface area contributed by atoms with E-state index in [4.69, 9.17) is 4.74 Å². The summed E-state index contributed by atoms with van der Waals surface area (Å²) in [7, 11) is 1.55. The first-order valence-corrected chi connectivity index (χ1v) is 13.4. The van der Waals surface area contributed by atoms with Crippen molar-refractivity contribution in [1.82, 2.24) is 10.2 Å². The molecule has 1 N–H and O–H groups in total. The largest absolute Gasteiger partial charge is 0.499 e. The van der Waals surface area contributed by atoms with E-state index in [9.17, 15) is 14.4 Å². The van der Waals surface area contributed by atoms with Gasteiger partial charge in [-0.2, -0.15) is 0 Å². The second-order valence-electron chi connectivity index (χ2n) is 8.54. The number of hydrogen-bond acceptors (Lipinski definition) is 4. The highest BCUT2D eigenvalue weighted by atomic mass is 16.5. The monoisotopic (exact) mass is 466 g/mol. The summed E-state index contributed by atoms with van der Waals surface area (Å²) in [4.78, 5) is 38.3. The third kappa shape index (κ3) is 13.4. The lowest BCUT2D eigenvalue weighted by Gasteiger charge is -2.25. The Morgan fingerprint density at radius 1 is 0.879 bits per heavy atom. The maximum atomic E-state index is 12.7. The van der Waals surface area contributed by atoms with Gasteiger partial charge in [0.25, 0.3) is 5.91 Å². The van der Waals surface area contributed by atoms with Gasteiger partial charge in [0.15, 0.2) is 0 Å². The van der Waals surface area contributed by atoms with Gasteiger partial charge in [0.2, 0.25) is 11.8 Å². The first kappa shape index (κ1) is 31.1. The number of methoxy groups -OCH3 is 1. The van der Waals surface area contributed by atoms with Gasteiger partial charge in [0.05, 0.1) is 13.2 Å². The Bertz CT molecular complexity index is 574. The summed E-state index contributed by atoms with van der Waals surface area (Å²) in [6, 6.07) is -0.310. The molecular weight excluding hydrogens is 416 g/mol. The first-order chi connectivity index (χ1) is 16.0. The fraction of sp³-hybridized carbons (Fsp3) is 0.815. The molecule has 1 heterocycles. The Labute approximate surface area is 202 Å². The van der Waals surface area contributed by atoms with E-state index < -0.39 is 0 Å². The van der Waals surface area contributed by atoms with Crippen LogP contribution < -0.4 is 5.32 Å². The Kier molecular flexibility index (Phi) is 19.6. The maximum absolute atomic E-state index is 12.7. The number of carbonyl (C=O) groups excluding carboxylic acids is 3. The summed E-state index contributed by atoms with van der Waals surface area (Å²) in [5.74, 6) is 0.313. The summed E-state index contributed by atoms with van der Waals surface area (Å²) < 4.78 is 5.38. The number of hydrogen-bond donors (Lipinski definition) is 1. The van der Waals surface area contributed by atoms with E-state index >= 15 is 0 Å². The van der Waals surface area contributed by atoms with Crippen molar-refractivity contribution in [3.8, 4) is 0 Å². The van der Waals surface area contributed by atoms with Crippen LogP contribution in [0.1, 0.15) is 124 Å². The Morgan fingerprint density at radius 2 is 1.45 bits per heavy atom. The molecule has 0 aromatic rings. The number of amides is 3. The van der Waals surface area contributed by atoms with Crippen molar-refractivity contribution < 1.29 is 19.1 Å². The summed E-state index contributed by atoms with van der Waals surface area (Å²) in [5, 5.41) is 2.98. The second kappa shape index (κ2) is 20.7. The van der Waals surface area contributed by atoms with Gasteiger partial charge in [-0.25, -0.2) is 0 Å². The molecule has 0 aromatic heterocycles. The Balaban J connectivity index is 0.00000497. The van der Waals surface area contributed by atoms with Crippen LogP contribution in [0.2, 0.25) is 0 Å². The molecular formula is C27H50N2O4. The zero-order valence-corrected chi connectivity index (χ0v) is 22.0. The van der Waals surface area contributed by atoms with Crippen LogP contribution in [-0.2, 0) is 19.1 Å². The number of nitrogens with zero attached hydrogens (tertiary/aromatic N) is 1. The van der Waals surface area contributed by atoms with Gasteiger partial charge < -0.3 is 10.1 Å². The number of imide groups is 1.